The van der Waals surface area contributed by atoms with Gasteiger partial charge in [0.1, 0.15) is 5.75 Å². The molecule has 4 rings (SSSR count). The summed E-state index contributed by atoms with van der Waals surface area (Å²) in [5.74, 6) is 0.928. The predicted octanol–water partition coefficient (Wildman–Crippen LogP) is 3.62. The average molecular weight is 326 g/mol. The van der Waals surface area contributed by atoms with Crippen molar-refractivity contribution in [2.24, 2.45) is 0 Å². The molecule has 1 aromatic heterocycles. The second-order valence-electron chi connectivity index (χ2n) is 7.30. The van der Waals surface area contributed by atoms with Gasteiger partial charge in [0.25, 0.3) is 5.56 Å². The van der Waals surface area contributed by atoms with Gasteiger partial charge in [0.15, 0.2) is 0 Å². The summed E-state index contributed by atoms with van der Waals surface area (Å²) in [5, 5.41) is 1.69. The molecule has 24 heavy (non-hydrogen) atoms. The van der Waals surface area contributed by atoms with Gasteiger partial charge >= 0.3 is 0 Å². The summed E-state index contributed by atoms with van der Waals surface area (Å²) < 4.78 is 6.31. The summed E-state index contributed by atoms with van der Waals surface area (Å²) in [4.78, 5) is 17.3. The van der Waals surface area contributed by atoms with E-state index in [9.17, 15) is 4.79 Å². The van der Waals surface area contributed by atoms with Crippen molar-refractivity contribution < 1.29 is 4.74 Å². The number of ether oxygens (including phenoxy) is 1. The molecule has 2 aliphatic rings. The van der Waals surface area contributed by atoms with E-state index in [4.69, 9.17) is 4.74 Å². The van der Waals surface area contributed by atoms with Crippen LogP contribution in [0.2, 0.25) is 0 Å². The summed E-state index contributed by atoms with van der Waals surface area (Å²) in [7, 11) is 0. The molecule has 4 heteroatoms. The SMILES string of the molecule is Cc1cc2c(=O)[nH]ccc2cc1O[C@H]1CC[C@@H](N2CCCC2)CC1. The first kappa shape index (κ1) is 15.7. The maximum Gasteiger partial charge on any atom is 0.255 e. The zero-order valence-corrected chi connectivity index (χ0v) is 14.4. The average Bonchev–Trinajstić information content (AvgIpc) is 3.12. The maximum atomic E-state index is 11.9. The number of pyridine rings is 1. The first-order valence-corrected chi connectivity index (χ1v) is 9.23. The number of nitrogens with zero attached hydrogens (tertiary/aromatic N) is 1. The van der Waals surface area contributed by atoms with Crippen LogP contribution in [0.5, 0.6) is 5.75 Å². The summed E-state index contributed by atoms with van der Waals surface area (Å²) in [6, 6.07) is 6.67. The standard InChI is InChI=1S/C20H26N2O2/c1-14-12-18-15(8-9-21-20(18)23)13-19(14)24-17-6-4-16(5-7-17)22-10-2-3-11-22/h8-9,12-13,16-17H,2-7,10-11H2,1H3,(H,21,23)/t16-,17+. The molecule has 128 valence electrons. The Morgan fingerprint density at radius 2 is 1.88 bits per heavy atom. The van der Waals surface area contributed by atoms with Crippen molar-refractivity contribution in [1.29, 1.82) is 0 Å². The topological polar surface area (TPSA) is 45.3 Å². The minimum atomic E-state index is -0.0340. The molecule has 2 fully saturated rings. The molecule has 1 N–H and O–H groups in total. The van der Waals surface area contributed by atoms with Crippen LogP contribution in [0.15, 0.2) is 29.2 Å². The third-order valence-corrected chi connectivity index (χ3v) is 5.66. The Morgan fingerprint density at radius 3 is 2.62 bits per heavy atom. The van der Waals surface area contributed by atoms with Gasteiger partial charge in [0, 0.05) is 17.6 Å². The van der Waals surface area contributed by atoms with Crippen LogP contribution in [0.25, 0.3) is 10.8 Å². The van der Waals surface area contributed by atoms with E-state index >= 15 is 0 Å². The molecule has 1 aliphatic carbocycles. The van der Waals surface area contributed by atoms with Crippen LogP contribution in [0.4, 0.5) is 0 Å². The number of likely N-dealkylation sites (tertiary alicyclic amines) is 1. The number of aromatic nitrogens is 1. The van der Waals surface area contributed by atoms with Gasteiger partial charge in [0.05, 0.1) is 6.10 Å². The minimum Gasteiger partial charge on any atom is -0.490 e. The summed E-state index contributed by atoms with van der Waals surface area (Å²) in [6.45, 7) is 4.60. The Balaban J connectivity index is 1.45. The van der Waals surface area contributed by atoms with Crippen molar-refractivity contribution in [2.75, 3.05) is 13.1 Å². The van der Waals surface area contributed by atoms with Crippen LogP contribution in [-0.4, -0.2) is 35.1 Å². The highest BCUT2D eigenvalue weighted by Gasteiger charge is 2.28. The maximum absolute atomic E-state index is 11.9. The molecule has 1 aromatic carbocycles. The van der Waals surface area contributed by atoms with Gasteiger partial charge in [-0.2, -0.15) is 0 Å². The lowest BCUT2D eigenvalue weighted by atomic mass is 9.92. The number of rotatable bonds is 3. The van der Waals surface area contributed by atoms with Gasteiger partial charge in [-0.25, -0.2) is 0 Å². The molecule has 1 saturated heterocycles. The van der Waals surface area contributed by atoms with Crippen molar-refractivity contribution in [3.05, 3.63) is 40.3 Å². The molecule has 0 unspecified atom stereocenters. The number of nitrogens with one attached hydrogen (secondary N) is 1. The summed E-state index contributed by atoms with van der Waals surface area (Å²) >= 11 is 0. The Labute approximate surface area is 142 Å². The van der Waals surface area contributed by atoms with Crippen LogP contribution in [0.3, 0.4) is 0 Å². The van der Waals surface area contributed by atoms with E-state index in [1.54, 1.807) is 6.20 Å². The Bertz CT molecular complexity index is 769. The molecule has 1 saturated carbocycles. The lowest BCUT2D eigenvalue weighted by Gasteiger charge is -2.34. The molecular weight excluding hydrogens is 300 g/mol. The summed E-state index contributed by atoms with van der Waals surface area (Å²) in [6.07, 6.45) is 9.50. The fourth-order valence-electron chi connectivity index (χ4n) is 4.26. The molecule has 0 atom stereocenters. The quantitative estimate of drug-likeness (QED) is 0.937. The highest BCUT2D eigenvalue weighted by atomic mass is 16.5. The number of H-pyrrole nitrogens is 1. The Morgan fingerprint density at radius 1 is 1.12 bits per heavy atom. The number of fused-ring (bicyclic) bond motifs is 1. The van der Waals surface area contributed by atoms with E-state index in [0.29, 0.717) is 6.10 Å². The number of hydrogen-bond acceptors (Lipinski definition) is 3. The molecule has 0 amide bonds. The predicted molar refractivity (Wildman–Crippen MR) is 96.8 cm³/mol. The molecular formula is C20H26N2O2. The molecule has 4 nitrogen and oxygen atoms in total. The first-order valence-electron chi connectivity index (χ1n) is 9.23. The highest BCUT2D eigenvalue weighted by molar-refractivity contribution is 5.83. The van der Waals surface area contributed by atoms with Crippen molar-refractivity contribution >= 4 is 10.8 Å². The minimum absolute atomic E-state index is 0.0340. The zero-order chi connectivity index (χ0) is 16.5. The monoisotopic (exact) mass is 326 g/mol. The van der Waals surface area contributed by atoms with Crippen molar-refractivity contribution in [3.8, 4) is 5.75 Å². The summed E-state index contributed by atoms with van der Waals surface area (Å²) in [5.41, 5.74) is 1.01. The van der Waals surface area contributed by atoms with Gasteiger partial charge in [0.2, 0.25) is 0 Å². The third kappa shape index (κ3) is 3.07. The molecule has 2 aromatic rings. The smallest absolute Gasteiger partial charge is 0.255 e. The molecule has 0 bridgehead atoms. The largest absolute Gasteiger partial charge is 0.490 e. The Hall–Kier alpha value is -1.81. The van der Waals surface area contributed by atoms with Crippen molar-refractivity contribution in [2.45, 2.75) is 57.6 Å². The fraction of sp³-hybridized carbons (Fsp3) is 0.550. The van der Waals surface area contributed by atoms with E-state index in [-0.39, 0.29) is 5.56 Å². The number of hydrogen-bond donors (Lipinski definition) is 1. The van der Waals surface area contributed by atoms with E-state index in [2.05, 4.69) is 9.88 Å². The normalized spacial score (nSPS) is 25.2. The van der Waals surface area contributed by atoms with E-state index in [0.717, 1.165) is 41.0 Å². The fourth-order valence-corrected chi connectivity index (χ4v) is 4.26. The lowest BCUT2D eigenvalue weighted by Crippen LogP contribution is -2.38. The number of aromatic amines is 1. The molecule has 0 spiro atoms. The van der Waals surface area contributed by atoms with Gasteiger partial charge in [-0.15, -0.1) is 0 Å². The lowest BCUT2D eigenvalue weighted by molar-refractivity contribution is 0.0996. The highest BCUT2D eigenvalue weighted by Crippen LogP contribution is 2.31. The molecule has 2 heterocycles. The first-order chi connectivity index (χ1) is 11.7. The molecule has 1 aliphatic heterocycles. The van der Waals surface area contributed by atoms with Crippen LogP contribution in [0.1, 0.15) is 44.1 Å². The van der Waals surface area contributed by atoms with E-state index in [1.165, 1.54) is 38.8 Å². The van der Waals surface area contributed by atoms with Gasteiger partial charge in [-0.1, -0.05) is 0 Å². The van der Waals surface area contributed by atoms with Crippen molar-refractivity contribution in [3.63, 3.8) is 0 Å². The third-order valence-electron chi connectivity index (χ3n) is 5.66. The van der Waals surface area contributed by atoms with E-state index < -0.39 is 0 Å². The van der Waals surface area contributed by atoms with Gasteiger partial charge in [-0.05, 0) is 87.7 Å². The second kappa shape index (κ2) is 6.60. The van der Waals surface area contributed by atoms with E-state index in [1.807, 2.05) is 25.1 Å². The van der Waals surface area contributed by atoms with Gasteiger partial charge in [-0.3, -0.25) is 4.79 Å². The van der Waals surface area contributed by atoms with Gasteiger partial charge < -0.3 is 14.6 Å². The zero-order valence-electron chi connectivity index (χ0n) is 14.4. The van der Waals surface area contributed by atoms with Crippen LogP contribution < -0.4 is 10.3 Å². The number of aryl methyl sites for hydroxylation is 1. The van der Waals surface area contributed by atoms with Crippen LogP contribution in [0, 0.1) is 6.92 Å². The second-order valence-corrected chi connectivity index (χ2v) is 7.30. The van der Waals surface area contributed by atoms with Crippen LogP contribution in [-0.2, 0) is 0 Å². The van der Waals surface area contributed by atoms with Crippen molar-refractivity contribution in [1.82, 2.24) is 9.88 Å². The van der Waals surface area contributed by atoms with Crippen LogP contribution >= 0.6 is 0 Å². The number of benzene rings is 1. The Kier molecular flexibility index (Phi) is 4.31. The molecule has 0 radical (unpaired) electrons.